The van der Waals surface area contributed by atoms with E-state index >= 15 is 0 Å². The van der Waals surface area contributed by atoms with E-state index in [4.69, 9.17) is 14.5 Å². The number of rotatable bonds is 11. The van der Waals surface area contributed by atoms with Crippen LogP contribution in [-0.4, -0.2) is 60.1 Å². The average molecular weight is 338 g/mol. The molecule has 0 rings (SSSR count). The second-order valence-corrected chi connectivity index (χ2v) is 7.53. The summed E-state index contributed by atoms with van der Waals surface area (Å²) >= 11 is 0. The lowest BCUT2D eigenvalue weighted by molar-refractivity contribution is -0.896. The summed E-state index contributed by atoms with van der Waals surface area (Å²) in [6.07, 6.45) is 4.20. The number of phosphoric acid groups is 1. The van der Waals surface area contributed by atoms with E-state index in [1.54, 1.807) is 0 Å². The highest BCUT2D eigenvalue weighted by Gasteiger charge is 2.27. The molecule has 8 heteroatoms. The summed E-state index contributed by atoms with van der Waals surface area (Å²) in [7, 11) is 1.44. The van der Waals surface area contributed by atoms with Crippen LogP contribution in [0.2, 0.25) is 0 Å². The van der Waals surface area contributed by atoms with Gasteiger partial charge >= 0.3 is 13.8 Å². The standard InChI is InChI=1S/C14H28NO6P/c1-6-14(16)21-12(2)9-7-8-10-13(15(3,4)5)11-20-22(17,18)19/h6,12-13H,1,7-11H2,2-5H3,(H-,17,18,19)/p+1. The molecule has 0 aliphatic heterocycles. The van der Waals surface area contributed by atoms with Crippen molar-refractivity contribution in [2.45, 2.75) is 44.8 Å². The zero-order chi connectivity index (χ0) is 17.4. The topological polar surface area (TPSA) is 93.1 Å². The first-order valence-electron chi connectivity index (χ1n) is 7.30. The maximum atomic E-state index is 11.0. The minimum Gasteiger partial charge on any atom is -0.460 e. The first-order chi connectivity index (χ1) is 9.95. The van der Waals surface area contributed by atoms with E-state index in [1.165, 1.54) is 0 Å². The summed E-state index contributed by atoms with van der Waals surface area (Å²) in [6, 6.07) is -0.0151. The van der Waals surface area contributed by atoms with Gasteiger partial charge in [-0.3, -0.25) is 4.52 Å². The quantitative estimate of drug-likeness (QED) is 0.196. The highest BCUT2D eigenvalue weighted by Crippen LogP contribution is 2.36. The van der Waals surface area contributed by atoms with Gasteiger partial charge in [0.25, 0.3) is 0 Å². The van der Waals surface area contributed by atoms with E-state index in [9.17, 15) is 9.36 Å². The summed E-state index contributed by atoms with van der Waals surface area (Å²) in [5.41, 5.74) is 0. The Hall–Kier alpha value is -0.720. The van der Waals surface area contributed by atoms with E-state index in [2.05, 4.69) is 11.1 Å². The molecule has 2 N–H and O–H groups in total. The predicted octanol–water partition coefficient (Wildman–Crippen LogP) is 1.85. The van der Waals surface area contributed by atoms with Gasteiger partial charge in [0.2, 0.25) is 0 Å². The Labute approximate surface area is 132 Å². The summed E-state index contributed by atoms with van der Waals surface area (Å²) < 4.78 is 21.1. The predicted molar refractivity (Wildman–Crippen MR) is 84.0 cm³/mol. The lowest BCUT2D eigenvalue weighted by Gasteiger charge is -2.34. The molecule has 0 aromatic heterocycles. The number of esters is 1. The molecule has 0 spiro atoms. The van der Waals surface area contributed by atoms with Gasteiger partial charge in [0.05, 0.1) is 27.2 Å². The van der Waals surface area contributed by atoms with Crippen LogP contribution in [0.5, 0.6) is 0 Å². The Morgan fingerprint density at radius 1 is 1.27 bits per heavy atom. The number of hydrogen-bond acceptors (Lipinski definition) is 4. The zero-order valence-corrected chi connectivity index (χ0v) is 14.8. The summed E-state index contributed by atoms with van der Waals surface area (Å²) in [5, 5.41) is 0. The van der Waals surface area contributed by atoms with Crippen LogP contribution in [0.3, 0.4) is 0 Å². The fourth-order valence-electron chi connectivity index (χ4n) is 1.99. The molecule has 0 fully saturated rings. The number of carbonyl (C=O) groups is 1. The molecule has 0 radical (unpaired) electrons. The van der Waals surface area contributed by atoms with Crippen molar-refractivity contribution in [1.29, 1.82) is 0 Å². The zero-order valence-electron chi connectivity index (χ0n) is 13.9. The van der Waals surface area contributed by atoms with Crippen LogP contribution in [0.1, 0.15) is 32.6 Å². The van der Waals surface area contributed by atoms with Crippen molar-refractivity contribution in [2.75, 3.05) is 27.7 Å². The number of hydrogen-bond donors (Lipinski definition) is 2. The van der Waals surface area contributed by atoms with Gasteiger partial charge in [-0.2, -0.15) is 0 Å². The number of unbranched alkanes of at least 4 members (excludes halogenated alkanes) is 1. The second-order valence-electron chi connectivity index (χ2n) is 6.29. The van der Waals surface area contributed by atoms with Crippen LogP contribution in [-0.2, 0) is 18.6 Å². The molecule has 0 heterocycles. The Bertz CT molecular complexity index is 401. The molecule has 2 unspecified atom stereocenters. The largest absolute Gasteiger partial charge is 0.469 e. The van der Waals surface area contributed by atoms with Gasteiger partial charge in [0.15, 0.2) is 0 Å². The molecule has 2 atom stereocenters. The van der Waals surface area contributed by atoms with Crippen LogP contribution in [0.15, 0.2) is 12.7 Å². The molecule has 0 aliphatic rings. The number of nitrogens with zero attached hydrogens (tertiary/aromatic N) is 1. The van der Waals surface area contributed by atoms with E-state index in [1.807, 2.05) is 28.1 Å². The molecule has 0 saturated carbocycles. The third-order valence-corrected chi connectivity index (χ3v) is 3.90. The Morgan fingerprint density at radius 2 is 1.82 bits per heavy atom. The Balaban J connectivity index is 4.17. The van der Waals surface area contributed by atoms with Crippen LogP contribution in [0.25, 0.3) is 0 Å². The fraction of sp³-hybridized carbons (Fsp3) is 0.786. The Morgan fingerprint density at radius 3 is 2.27 bits per heavy atom. The van der Waals surface area contributed by atoms with Crippen molar-refractivity contribution >= 4 is 13.8 Å². The summed E-state index contributed by atoms with van der Waals surface area (Å²) in [5.74, 6) is -0.424. The SMILES string of the molecule is C=CC(=O)OC(C)CCCCC(COP(=O)(O)O)[N+](C)(C)C. The minimum absolute atomic E-state index is 0.00871. The van der Waals surface area contributed by atoms with Crippen LogP contribution in [0.4, 0.5) is 0 Å². The smallest absolute Gasteiger partial charge is 0.460 e. The summed E-state index contributed by atoms with van der Waals surface area (Å²) in [6.45, 7) is 5.18. The van der Waals surface area contributed by atoms with Crippen molar-refractivity contribution in [3.63, 3.8) is 0 Å². The maximum absolute atomic E-state index is 11.0. The Kier molecular flexibility index (Phi) is 9.12. The third-order valence-electron chi connectivity index (χ3n) is 3.41. The van der Waals surface area contributed by atoms with Gasteiger partial charge in [-0.05, 0) is 26.2 Å². The van der Waals surface area contributed by atoms with Crippen LogP contribution < -0.4 is 0 Å². The molecule has 7 nitrogen and oxygen atoms in total. The molecule has 0 saturated heterocycles. The number of phosphoric ester groups is 1. The lowest BCUT2D eigenvalue weighted by atomic mass is 10.1. The normalized spacial score (nSPS) is 15.2. The first-order valence-corrected chi connectivity index (χ1v) is 8.83. The number of likely N-dealkylation sites (N-methyl/N-ethyl adjacent to an activating group) is 1. The maximum Gasteiger partial charge on any atom is 0.469 e. The van der Waals surface area contributed by atoms with Gasteiger partial charge in [-0.1, -0.05) is 6.58 Å². The van der Waals surface area contributed by atoms with Crippen molar-refractivity contribution in [2.24, 2.45) is 0 Å². The molecular formula is C14H29NO6P+. The number of quaternary nitrogens is 1. The molecule has 0 aromatic rings. The van der Waals surface area contributed by atoms with E-state index in [-0.39, 0.29) is 18.8 Å². The molecule has 0 aromatic carbocycles. The third kappa shape index (κ3) is 10.9. The molecule has 130 valence electrons. The van der Waals surface area contributed by atoms with Gasteiger partial charge in [0, 0.05) is 12.5 Å². The van der Waals surface area contributed by atoms with Gasteiger partial charge in [-0.15, -0.1) is 0 Å². The molecule has 0 aliphatic carbocycles. The highest BCUT2D eigenvalue weighted by atomic mass is 31.2. The number of ether oxygens (including phenoxy) is 1. The lowest BCUT2D eigenvalue weighted by Crippen LogP contribution is -2.47. The van der Waals surface area contributed by atoms with Crippen molar-refractivity contribution in [1.82, 2.24) is 0 Å². The molecular weight excluding hydrogens is 309 g/mol. The van der Waals surface area contributed by atoms with Gasteiger partial charge in [-0.25, -0.2) is 9.36 Å². The monoisotopic (exact) mass is 338 g/mol. The van der Waals surface area contributed by atoms with Crippen molar-refractivity contribution in [3.05, 3.63) is 12.7 Å². The average Bonchev–Trinajstić information content (AvgIpc) is 2.34. The van der Waals surface area contributed by atoms with Crippen LogP contribution >= 0.6 is 7.82 Å². The van der Waals surface area contributed by atoms with Crippen LogP contribution in [0, 0.1) is 0 Å². The van der Waals surface area contributed by atoms with Crippen molar-refractivity contribution in [3.8, 4) is 0 Å². The first kappa shape index (κ1) is 21.3. The second kappa shape index (κ2) is 9.43. The van der Waals surface area contributed by atoms with Gasteiger partial charge < -0.3 is 19.0 Å². The van der Waals surface area contributed by atoms with Gasteiger partial charge in [0.1, 0.15) is 12.6 Å². The molecule has 0 amide bonds. The van der Waals surface area contributed by atoms with E-state index < -0.39 is 13.8 Å². The molecule has 0 bridgehead atoms. The fourth-order valence-corrected chi connectivity index (χ4v) is 2.36. The number of carbonyl (C=O) groups excluding carboxylic acids is 1. The highest BCUT2D eigenvalue weighted by molar-refractivity contribution is 7.46. The summed E-state index contributed by atoms with van der Waals surface area (Å²) in [4.78, 5) is 28.7. The van der Waals surface area contributed by atoms with E-state index in [0.29, 0.717) is 4.48 Å². The van der Waals surface area contributed by atoms with E-state index in [0.717, 1.165) is 31.8 Å². The van der Waals surface area contributed by atoms with Crippen molar-refractivity contribution < 1.29 is 32.9 Å². The minimum atomic E-state index is -4.44. The molecule has 22 heavy (non-hydrogen) atoms.